The number of phosphoric ester groups is 3. The fourth-order valence-electron chi connectivity index (χ4n) is 6.89. The number of aliphatic hydroxyl groups excluding tert-OH is 2. The zero-order chi connectivity index (χ0) is 53.4. The molecule has 1 aliphatic rings. The number of carbonyl (C=O) groups is 4. The lowest BCUT2D eigenvalue weighted by molar-refractivity contribution is -0.137. The molecule has 2 amide bonds. The minimum Gasteiger partial charge on any atom is -0.386 e. The smallest absolute Gasteiger partial charge is 0.386 e. The number of Topliss-reactive ketones (excluding diaryl/α,β-unsaturated/α-hetero) is 1. The van der Waals surface area contributed by atoms with Crippen LogP contribution in [-0.4, -0.2) is 128 Å². The molecule has 0 aliphatic carbocycles. The highest BCUT2D eigenvalue weighted by Crippen LogP contribution is 2.61. The molecule has 0 aromatic carbocycles. The Balaban J connectivity index is 1.27. The summed E-state index contributed by atoms with van der Waals surface area (Å²) in [6, 6.07) is 0. The Kier molecular flexibility index (Phi) is 27.3. The van der Waals surface area contributed by atoms with Gasteiger partial charge in [0.05, 0.1) is 26.0 Å². The van der Waals surface area contributed by atoms with Crippen molar-refractivity contribution in [2.75, 3.05) is 37.8 Å². The molecule has 0 bridgehead atoms. The average Bonchev–Trinajstić information content (AvgIpc) is 3.86. The highest BCUT2D eigenvalue weighted by atomic mass is 32.2. The van der Waals surface area contributed by atoms with E-state index in [0.717, 1.165) is 93.2 Å². The SMILES string of the molecule is CC/C=C\C/C=C\C/C=C\CCCCCCCCCC(=O)CC(=O)SCCNC(=O)CCNC(=O)[C@H](O)C(C)(C)COP(=O)(O)OP(=O)(O)OC[C@H]1O[C@@H](n2cnc3c(N)ncnc32)[C@H](O)[C@@H]1OP(=O)(O)O. The highest BCUT2D eigenvalue weighted by Gasteiger charge is 2.50. The number of nitrogens with one attached hydrogen (secondary N) is 2. The van der Waals surface area contributed by atoms with Gasteiger partial charge in [-0.05, 0) is 38.5 Å². The van der Waals surface area contributed by atoms with Crippen molar-refractivity contribution in [1.82, 2.24) is 30.2 Å². The second-order valence-electron chi connectivity index (χ2n) is 17.3. The van der Waals surface area contributed by atoms with Gasteiger partial charge in [0, 0.05) is 37.1 Å². The van der Waals surface area contributed by atoms with Crippen molar-refractivity contribution in [1.29, 1.82) is 0 Å². The Morgan fingerprint density at radius 2 is 1.51 bits per heavy atom. The Morgan fingerprint density at radius 3 is 2.19 bits per heavy atom. The summed E-state index contributed by atoms with van der Waals surface area (Å²) in [4.78, 5) is 101. The first-order chi connectivity index (χ1) is 33.9. The van der Waals surface area contributed by atoms with E-state index in [9.17, 15) is 62.7 Å². The van der Waals surface area contributed by atoms with Crippen LogP contribution in [0.3, 0.4) is 0 Å². The Morgan fingerprint density at radius 1 is 0.875 bits per heavy atom. The third kappa shape index (κ3) is 23.8. The topological polar surface area (TPSA) is 381 Å². The number of unbranched alkanes of at least 4 members (excludes halogenated alkanes) is 7. The second-order valence-corrected chi connectivity index (χ2v) is 22.7. The van der Waals surface area contributed by atoms with Gasteiger partial charge in [0.2, 0.25) is 11.8 Å². The van der Waals surface area contributed by atoms with E-state index in [4.69, 9.17) is 19.5 Å². The van der Waals surface area contributed by atoms with Crippen LogP contribution in [0, 0.1) is 5.41 Å². The van der Waals surface area contributed by atoms with Crippen molar-refractivity contribution in [2.45, 2.75) is 141 Å². The van der Waals surface area contributed by atoms with Gasteiger partial charge >= 0.3 is 23.5 Å². The van der Waals surface area contributed by atoms with Crippen molar-refractivity contribution < 1.29 is 85.3 Å². The number of aliphatic hydroxyl groups is 2. The van der Waals surface area contributed by atoms with Crippen molar-refractivity contribution in [3.63, 3.8) is 0 Å². The number of anilines is 1. The maximum Gasteiger partial charge on any atom is 0.481 e. The number of fused-ring (bicyclic) bond motifs is 1. The van der Waals surface area contributed by atoms with Gasteiger partial charge in [-0.25, -0.2) is 28.6 Å². The zero-order valence-corrected chi connectivity index (χ0v) is 44.1. The summed E-state index contributed by atoms with van der Waals surface area (Å²) in [7, 11) is -16.5. The van der Waals surface area contributed by atoms with Crippen LogP contribution in [0.25, 0.3) is 11.2 Å². The molecule has 0 spiro atoms. The molecule has 2 aromatic rings. The molecule has 0 radical (unpaired) electrons. The first-order valence-corrected chi connectivity index (χ1v) is 29.0. The molecular weight excluding hydrogens is 1030 g/mol. The summed E-state index contributed by atoms with van der Waals surface area (Å²) in [5, 5.41) is 26.2. The van der Waals surface area contributed by atoms with Crippen LogP contribution in [0.1, 0.15) is 117 Å². The number of carbonyl (C=O) groups excluding carboxylic acids is 4. The molecule has 72 heavy (non-hydrogen) atoms. The molecule has 406 valence electrons. The predicted molar refractivity (Wildman–Crippen MR) is 265 cm³/mol. The molecular formula is C43H70N7O18P3S. The lowest BCUT2D eigenvalue weighted by Crippen LogP contribution is -2.46. The minimum absolute atomic E-state index is 0.0249. The molecule has 1 fully saturated rings. The number of thioether (sulfide) groups is 1. The van der Waals surface area contributed by atoms with E-state index in [2.05, 4.69) is 77.8 Å². The largest absolute Gasteiger partial charge is 0.481 e. The van der Waals surface area contributed by atoms with Crippen LogP contribution in [0.2, 0.25) is 0 Å². The molecule has 7 atom stereocenters. The first-order valence-electron chi connectivity index (χ1n) is 23.5. The first kappa shape index (κ1) is 62.7. The molecule has 2 aromatic heterocycles. The Labute approximate surface area is 422 Å². The fourth-order valence-corrected chi connectivity index (χ4v) is 10.4. The number of rotatable bonds is 36. The monoisotopic (exact) mass is 1100 g/mol. The summed E-state index contributed by atoms with van der Waals surface area (Å²) >= 11 is 0.933. The van der Waals surface area contributed by atoms with E-state index in [1.54, 1.807) is 0 Å². The summed E-state index contributed by atoms with van der Waals surface area (Å²) in [6.07, 6.45) is 17.7. The number of hydrogen-bond acceptors (Lipinski definition) is 19. The predicted octanol–water partition coefficient (Wildman–Crippen LogP) is 4.99. The summed E-state index contributed by atoms with van der Waals surface area (Å²) in [6.45, 7) is 2.45. The summed E-state index contributed by atoms with van der Waals surface area (Å²) < 4.78 is 62.4. The van der Waals surface area contributed by atoms with Crippen molar-refractivity contribution in [3.05, 3.63) is 49.1 Å². The van der Waals surface area contributed by atoms with E-state index in [0.29, 0.717) is 6.42 Å². The Bertz CT molecular complexity index is 2300. The maximum atomic E-state index is 12.8. The number of ether oxygens (including phenoxy) is 1. The molecule has 2 unspecified atom stereocenters. The summed E-state index contributed by atoms with van der Waals surface area (Å²) in [5.41, 5.74) is 4.24. The van der Waals surface area contributed by atoms with Crippen LogP contribution in [0.4, 0.5) is 5.82 Å². The van der Waals surface area contributed by atoms with Crippen LogP contribution < -0.4 is 16.4 Å². The normalized spacial score (nSPS) is 19.8. The average molecular weight is 1100 g/mol. The van der Waals surface area contributed by atoms with E-state index in [1.807, 2.05) is 0 Å². The van der Waals surface area contributed by atoms with Gasteiger partial charge in [-0.3, -0.25) is 37.3 Å². The molecule has 3 heterocycles. The van der Waals surface area contributed by atoms with Gasteiger partial charge in [-0.1, -0.05) is 101 Å². The third-order valence-corrected chi connectivity index (χ3v) is 14.7. The summed E-state index contributed by atoms with van der Waals surface area (Å²) in [5.74, 6) is -1.42. The number of phosphoric acid groups is 3. The molecule has 10 N–H and O–H groups in total. The molecule has 29 heteroatoms. The number of ketones is 1. The Hall–Kier alpha value is -3.55. The molecule has 25 nitrogen and oxygen atoms in total. The molecule has 1 saturated heterocycles. The van der Waals surface area contributed by atoms with Gasteiger partial charge in [-0.15, -0.1) is 0 Å². The lowest BCUT2D eigenvalue weighted by atomic mass is 9.87. The van der Waals surface area contributed by atoms with Crippen LogP contribution >= 0.6 is 35.2 Å². The van der Waals surface area contributed by atoms with Gasteiger partial charge < -0.3 is 50.9 Å². The number of allylic oxidation sites excluding steroid dienone is 6. The standard InChI is InChI=1S/C43H70N7O18P3S/c1-4-5-6-7-8-9-10-11-12-13-14-15-16-17-18-19-20-21-31(51)26-34(53)72-25-24-45-33(52)22-23-46-41(56)38(55)43(2,3)28-65-71(62,63)68-70(60,61)64-27-32-37(67-69(57,58)59)36(54)42(66-32)50-30-49-35-39(44)47-29-48-40(35)50/h5-6,8-9,11-12,29-30,32,36-38,42,54-55H,4,7,10,13-28H2,1-3H3,(H,45,52)(H,46,56)(H,60,61)(H,62,63)(H2,44,47,48)(H2,57,58,59)/b6-5-,9-8-,12-11-/t32-,36-,37-,38+,42-/m1/s1. The molecule has 0 saturated carbocycles. The van der Waals surface area contributed by atoms with Crippen LogP contribution in [-0.2, 0) is 55.5 Å². The van der Waals surface area contributed by atoms with Gasteiger partial charge in [0.1, 0.15) is 42.0 Å². The quantitative estimate of drug-likeness (QED) is 0.0188. The van der Waals surface area contributed by atoms with Crippen molar-refractivity contribution >= 4 is 74.9 Å². The number of aromatic nitrogens is 4. The fraction of sp³-hybridized carbons (Fsp3) is 0.651. The number of nitrogens with zero attached hydrogens (tertiary/aromatic N) is 4. The number of nitrogen functional groups attached to an aromatic ring is 1. The van der Waals surface area contributed by atoms with Crippen molar-refractivity contribution in [2.24, 2.45) is 5.41 Å². The zero-order valence-electron chi connectivity index (χ0n) is 40.6. The third-order valence-electron chi connectivity index (χ3n) is 10.7. The van der Waals surface area contributed by atoms with E-state index < -0.39 is 84.6 Å². The number of imidazole rings is 1. The highest BCUT2D eigenvalue weighted by molar-refractivity contribution is 8.13. The van der Waals surface area contributed by atoms with E-state index in [-0.39, 0.29) is 59.6 Å². The minimum atomic E-state index is -5.59. The number of nitrogens with two attached hydrogens (primary N) is 1. The second kappa shape index (κ2) is 31.4. The van der Waals surface area contributed by atoms with Crippen LogP contribution in [0.15, 0.2) is 49.1 Å². The van der Waals surface area contributed by atoms with E-state index in [1.165, 1.54) is 20.3 Å². The molecule has 1 aliphatic heterocycles. The molecule has 3 rings (SSSR count). The number of amides is 2. The van der Waals surface area contributed by atoms with Crippen LogP contribution in [0.5, 0.6) is 0 Å². The number of hydrogen-bond donors (Lipinski definition) is 9. The van der Waals surface area contributed by atoms with E-state index >= 15 is 0 Å². The lowest BCUT2D eigenvalue weighted by Gasteiger charge is -2.30. The maximum absolute atomic E-state index is 12.8. The van der Waals surface area contributed by atoms with Crippen molar-refractivity contribution in [3.8, 4) is 0 Å². The van der Waals surface area contributed by atoms with Gasteiger partial charge in [-0.2, -0.15) is 4.31 Å². The van der Waals surface area contributed by atoms with Gasteiger partial charge in [0.25, 0.3) is 0 Å². The van der Waals surface area contributed by atoms with Gasteiger partial charge in [0.15, 0.2) is 22.8 Å².